The van der Waals surface area contributed by atoms with Crippen molar-refractivity contribution in [3.8, 4) is 11.6 Å². The van der Waals surface area contributed by atoms with Gasteiger partial charge in [0.1, 0.15) is 0 Å². The van der Waals surface area contributed by atoms with E-state index in [-0.39, 0.29) is 5.91 Å². The number of para-hydroxylation sites is 1. The number of carbonyl (C=O) groups excluding carboxylic acids is 1. The first-order valence-corrected chi connectivity index (χ1v) is 7.95. The normalized spacial score (nSPS) is 10.6. The molecule has 1 aromatic carbocycles. The molecule has 4 rings (SSSR count). The smallest absolute Gasteiger partial charge is 0.257 e. The van der Waals surface area contributed by atoms with Gasteiger partial charge in [0.15, 0.2) is 5.76 Å². The van der Waals surface area contributed by atoms with Crippen LogP contribution in [0.15, 0.2) is 76.1 Å². The summed E-state index contributed by atoms with van der Waals surface area (Å²) in [6, 6.07) is 14.4. The van der Waals surface area contributed by atoms with Gasteiger partial charge in [0.05, 0.1) is 18.2 Å². The number of hydrogen-bond acceptors (Lipinski definition) is 6. The first-order chi connectivity index (χ1) is 12.8. The highest BCUT2D eigenvalue weighted by atomic mass is 16.5. The fourth-order valence-electron chi connectivity index (χ4n) is 2.48. The second kappa shape index (κ2) is 7.02. The Balaban J connectivity index is 1.54. The minimum atomic E-state index is -0.229. The van der Waals surface area contributed by atoms with Crippen LogP contribution in [0.4, 0.5) is 5.69 Å². The van der Waals surface area contributed by atoms with E-state index < -0.39 is 0 Å². The molecule has 0 atom stereocenters. The molecule has 3 heterocycles. The van der Waals surface area contributed by atoms with Crippen molar-refractivity contribution in [2.45, 2.75) is 6.42 Å². The molecule has 0 aliphatic heterocycles. The quantitative estimate of drug-likeness (QED) is 0.594. The number of nitrogens with zero attached hydrogens (tertiary/aromatic N) is 3. The Hall–Kier alpha value is -3.74. The van der Waals surface area contributed by atoms with Gasteiger partial charge in [-0.2, -0.15) is 4.98 Å². The Morgan fingerprint density at radius 2 is 2.00 bits per heavy atom. The molecule has 0 fully saturated rings. The summed E-state index contributed by atoms with van der Waals surface area (Å²) in [6.07, 6.45) is 5.08. The minimum absolute atomic E-state index is 0.229. The van der Waals surface area contributed by atoms with Gasteiger partial charge in [0, 0.05) is 18.1 Å². The number of nitrogens with one attached hydrogen (secondary N) is 1. The Kier molecular flexibility index (Phi) is 4.26. The molecule has 4 aromatic rings. The summed E-state index contributed by atoms with van der Waals surface area (Å²) in [6.45, 7) is 0. The van der Waals surface area contributed by atoms with Crippen LogP contribution in [0.5, 0.6) is 0 Å². The summed E-state index contributed by atoms with van der Waals surface area (Å²) in [4.78, 5) is 20.7. The Bertz CT molecular complexity index is 1010. The highest BCUT2D eigenvalue weighted by Crippen LogP contribution is 2.21. The Labute approximate surface area is 148 Å². The van der Waals surface area contributed by atoms with Crippen LogP contribution in [0.2, 0.25) is 0 Å². The van der Waals surface area contributed by atoms with Crippen LogP contribution in [-0.4, -0.2) is 21.0 Å². The second-order valence-electron chi connectivity index (χ2n) is 5.52. The van der Waals surface area contributed by atoms with Crippen molar-refractivity contribution in [1.82, 2.24) is 15.1 Å². The molecule has 0 aliphatic carbocycles. The standard InChI is InChI=1S/C19H14N4O3/c24-19(14-6-3-9-20-12-14)21-15-7-2-1-5-13(15)11-17-22-18(23-26-17)16-8-4-10-25-16/h1-10,12H,11H2,(H,21,24). The van der Waals surface area contributed by atoms with E-state index in [0.29, 0.717) is 35.1 Å². The zero-order valence-corrected chi connectivity index (χ0v) is 13.6. The molecule has 0 saturated carbocycles. The SMILES string of the molecule is O=C(Nc1ccccc1Cc1nc(-c2ccco2)no1)c1cccnc1. The van der Waals surface area contributed by atoms with E-state index in [1.54, 1.807) is 36.7 Å². The molecule has 0 aliphatic rings. The number of amides is 1. The molecule has 0 bridgehead atoms. The molecule has 0 spiro atoms. The van der Waals surface area contributed by atoms with Gasteiger partial charge in [0.25, 0.3) is 5.91 Å². The van der Waals surface area contributed by atoms with Crippen LogP contribution in [0, 0.1) is 0 Å². The lowest BCUT2D eigenvalue weighted by Crippen LogP contribution is -2.13. The van der Waals surface area contributed by atoms with Crippen LogP contribution in [-0.2, 0) is 6.42 Å². The Morgan fingerprint density at radius 3 is 2.81 bits per heavy atom. The van der Waals surface area contributed by atoms with Crippen molar-refractivity contribution in [3.63, 3.8) is 0 Å². The fraction of sp³-hybridized carbons (Fsp3) is 0.0526. The third-order valence-electron chi connectivity index (χ3n) is 3.74. The van der Waals surface area contributed by atoms with Crippen molar-refractivity contribution in [1.29, 1.82) is 0 Å². The number of rotatable bonds is 5. The maximum absolute atomic E-state index is 12.4. The van der Waals surface area contributed by atoms with E-state index in [2.05, 4.69) is 20.4 Å². The lowest BCUT2D eigenvalue weighted by molar-refractivity contribution is 0.102. The van der Waals surface area contributed by atoms with E-state index in [1.807, 2.05) is 24.3 Å². The van der Waals surface area contributed by atoms with Gasteiger partial charge in [-0.15, -0.1) is 0 Å². The molecule has 7 nitrogen and oxygen atoms in total. The summed E-state index contributed by atoms with van der Waals surface area (Å²) < 4.78 is 10.6. The van der Waals surface area contributed by atoms with Crippen LogP contribution < -0.4 is 5.32 Å². The van der Waals surface area contributed by atoms with Gasteiger partial charge in [-0.3, -0.25) is 9.78 Å². The third kappa shape index (κ3) is 3.36. The molecule has 0 unspecified atom stereocenters. The van der Waals surface area contributed by atoms with Gasteiger partial charge in [-0.05, 0) is 35.9 Å². The van der Waals surface area contributed by atoms with Crippen molar-refractivity contribution >= 4 is 11.6 Å². The summed E-state index contributed by atoms with van der Waals surface area (Å²) >= 11 is 0. The number of pyridine rings is 1. The second-order valence-corrected chi connectivity index (χ2v) is 5.52. The van der Waals surface area contributed by atoms with Crippen molar-refractivity contribution < 1.29 is 13.7 Å². The lowest BCUT2D eigenvalue weighted by Gasteiger charge is -2.09. The lowest BCUT2D eigenvalue weighted by atomic mass is 10.1. The van der Waals surface area contributed by atoms with Crippen LogP contribution in [0.25, 0.3) is 11.6 Å². The molecule has 1 N–H and O–H groups in total. The van der Waals surface area contributed by atoms with E-state index in [0.717, 1.165) is 5.56 Å². The van der Waals surface area contributed by atoms with E-state index >= 15 is 0 Å². The number of anilines is 1. The molecule has 26 heavy (non-hydrogen) atoms. The van der Waals surface area contributed by atoms with Crippen LogP contribution in [0.1, 0.15) is 21.8 Å². The zero-order chi connectivity index (χ0) is 17.8. The van der Waals surface area contributed by atoms with Crippen molar-refractivity contribution in [3.05, 3.63) is 84.2 Å². The molecule has 7 heteroatoms. The Morgan fingerprint density at radius 1 is 1.08 bits per heavy atom. The number of furan rings is 1. The summed E-state index contributed by atoms with van der Waals surface area (Å²) in [5, 5.41) is 6.81. The summed E-state index contributed by atoms with van der Waals surface area (Å²) in [5.74, 6) is 1.13. The zero-order valence-electron chi connectivity index (χ0n) is 13.6. The van der Waals surface area contributed by atoms with Gasteiger partial charge in [-0.25, -0.2) is 0 Å². The fourth-order valence-corrected chi connectivity index (χ4v) is 2.48. The molecule has 0 saturated heterocycles. The predicted octanol–water partition coefficient (Wildman–Crippen LogP) is 3.57. The maximum atomic E-state index is 12.4. The third-order valence-corrected chi connectivity index (χ3v) is 3.74. The molecule has 128 valence electrons. The molecular weight excluding hydrogens is 332 g/mol. The monoisotopic (exact) mass is 346 g/mol. The van der Waals surface area contributed by atoms with Crippen LogP contribution >= 0.6 is 0 Å². The number of aromatic nitrogens is 3. The summed E-state index contributed by atoms with van der Waals surface area (Å²) in [5.41, 5.74) is 2.03. The topological polar surface area (TPSA) is 94.1 Å². The van der Waals surface area contributed by atoms with E-state index in [4.69, 9.17) is 8.94 Å². The van der Waals surface area contributed by atoms with Crippen LogP contribution in [0.3, 0.4) is 0 Å². The largest absolute Gasteiger partial charge is 0.461 e. The highest BCUT2D eigenvalue weighted by molar-refractivity contribution is 6.04. The van der Waals surface area contributed by atoms with Crippen molar-refractivity contribution in [2.75, 3.05) is 5.32 Å². The average Bonchev–Trinajstić information content (AvgIpc) is 3.36. The van der Waals surface area contributed by atoms with E-state index in [9.17, 15) is 4.79 Å². The first kappa shape index (κ1) is 15.8. The molecule has 0 radical (unpaired) electrons. The van der Waals surface area contributed by atoms with Gasteiger partial charge < -0.3 is 14.3 Å². The van der Waals surface area contributed by atoms with Gasteiger partial charge in [-0.1, -0.05) is 23.4 Å². The minimum Gasteiger partial charge on any atom is -0.461 e. The van der Waals surface area contributed by atoms with E-state index in [1.165, 1.54) is 6.20 Å². The highest BCUT2D eigenvalue weighted by Gasteiger charge is 2.14. The first-order valence-electron chi connectivity index (χ1n) is 7.95. The predicted molar refractivity (Wildman–Crippen MR) is 93.4 cm³/mol. The number of carbonyl (C=O) groups is 1. The molecule has 3 aromatic heterocycles. The maximum Gasteiger partial charge on any atom is 0.257 e. The molecular formula is C19H14N4O3. The van der Waals surface area contributed by atoms with Gasteiger partial charge in [0.2, 0.25) is 11.7 Å². The average molecular weight is 346 g/mol. The molecule has 1 amide bonds. The number of benzene rings is 1. The summed E-state index contributed by atoms with van der Waals surface area (Å²) in [7, 11) is 0. The number of hydrogen-bond donors (Lipinski definition) is 1. The van der Waals surface area contributed by atoms with Gasteiger partial charge >= 0.3 is 0 Å². The van der Waals surface area contributed by atoms with Crippen molar-refractivity contribution in [2.24, 2.45) is 0 Å².